The highest BCUT2D eigenvalue weighted by Gasteiger charge is 2.35. The summed E-state index contributed by atoms with van der Waals surface area (Å²) in [5, 5.41) is 3.51. The maximum Gasteiger partial charge on any atom is 0.228 e. The summed E-state index contributed by atoms with van der Waals surface area (Å²) in [5.41, 5.74) is 2.44. The lowest BCUT2D eigenvalue weighted by atomic mass is 9.83. The molecule has 0 spiro atoms. The van der Waals surface area contributed by atoms with Crippen molar-refractivity contribution in [3.63, 3.8) is 0 Å². The number of carbonyl (C=O) groups excluding carboxylic acids is 1. The molecule has 1 amide bonds. The number of hydrogen-bond donors (Lipinski definition) is 1. The fraction of sp³-hybridized carbons (Fsp3) is 0.480. The molecule has 0 aromatic heterocycles. The van der Waals surface area contributed by atoms with Crippen LogP contribution in [0.5, 0.6) is 0 Å². The molecule has 27 heavy (non-hydrogen) atoms. The van der Waals surface area contributed by atoms with Crippen molar-refractivity contribution < 1.29 is 4.79 Å². The Kier molecular flexibility index (Phi) is 5.91. The zero-order valence-corrected chi connectivity index (χ0v) is 16.1. The third kappa shape index (κ3) is 4.26. The molecule has 0 unspecified atom stereocenters. The van der Waals surface area contributed by atoms with Gasteiger partial charge in [-0.05, 0) is 48.6 Å². The van der Waals surface area contributed by atoms with Crippen LogP contribution in [-0.2, 0) is 4.79 Å². The summed E-state index contributed by atoms with van der Waals surface area (Å²) in [6.45, 7) is 0. The lowest BCUT2D eigenvalue weighted by Crippen LogP contribution is -2.38. The average Bonchev–Trinajstić information content (AvgIpc) is 3.42. The number of carbonyl (C=O) groups is 1. The van der Waals surface area contributed by atoms with Crippen LogP contribution in [0.1, 0.15) is 74.5 Å². The maximum atomic E-state index is 13.6. The van der Waals surface area contributed by atoms with Crippen molar-refractivity contribution >= 4 is 5.91 Å². The van der Waals surface area contributed by atoms with Gasteiger partial charge in [0.15, 0.2) is 0 Å². The molecule has 0 saturated heterocycles. The Morgan fingerprint density at radius 3 is 1.74 bits per heavy atom. The molecule has 2 atom stereocenters. The largest absolute Gasteiger partial charge is 0.348 e. The topological polar surface area (TPSA) is 29.1 Å². The molecule has 4 rings (SSSR count). The molecule has 2 nitrogen and oxygen atoms in total. The van der Waals surface area contributed by atoms with Gasteiger partial charge in [-0.15, -0.1) is 0 Å². The monoisotopic (exact) mass is 361 g/mol. The van der Waals surface area contributed by atoms with E-state index in [0.29, 0.717) is 11.8 Å². The highest BCUT2D eigenvalue weighted by molar-refractivity contribution is 5.84. The minimum atomic E-state index is -0.0127. The molecule has 0 radical (unpaired) electrons. The van der Waals surface area contributed by atoms with E-state index in [-0.39, 0.29) is 17.9 Å². The van der Waals surface area contributed by atoms with Gasteiger partial charge in [0.1, 0.15) is 0 Å². The third-order valence-electron chi connectivity index (χ3n) is 6.64. The summed E-state index contributed by atoms with van der Waals surface area (Å²) in [4.78, 5) is 13.6. The Hall–Kier alpha value is -2.09. The molecular weight excluding hydrogens is 330 g/mol. The number of benzene rings is 2. The van der Waals surface area contributed by atoms with E-state index in [1.165, 1.54) is 62.5 Å². The van der Waals surface area contributed by atoms with Crippen LogP contribution in [0.15, 0.2) is 60.7 Å². The van der Waals surface area contributed by atoms with E-state index >= 15 is 0 Å². The predicted molar refractivity (Wildman–Crippen MR) is 110 cm³/mol. The molecule has 2 fully saturated rings. The quantitative estimate of drug-likeness (QED) is 0.671. The normalized spacial score (nSPS) is 20.4. The standard InChI is InChI=1S/C25H31NO/c27-25(23(20-13-7-8-14-20)19-11-3-1-4-12-19)26-24(22-17-9-10-18-22)21-15-5-2-6-16-21/h1-6,11-12,15-16,20,22-24H,7-10,13-14,17-18H2,(H,26,27)/t23-,24+/m1/s1. The van der Waals surface area contributed by atoms with E-state index in [1.807, 2.05) is 6.07 Å². The molecule has 0 heterocycles. The van der Waals surface area contributed by atoms with Gasteiger partial charge in [0, 0.05) is 0 Å². The average molecular weight is 362 g/mol. The number of amides is 1. The van der Waals surface area contributed by atoms with Crippen molar-refractivity contribution in [3.05, 3.63) is 71.8 Å². The van der Waals surface area contributed by atoms with E-state index < -0.39 is 0 Å². The van der Waals surface area contributed by atoms with Crippen molar-refractivity contribution in [3.8, 4) is 0 Å². The number of nitrogens with one attached hydrogen (secondary N) is 1. The molecule has 142 valence electrons. The van der Waals surface area contributed by atoms with Crippen molar-refractivity contribution in [2.75, 3.05) is 0 Å². The fourth-order valence-electron chi connectivity index (χ4n) is 5.26. The second kappa shape index (κ2) is 8.73. The van der Waals surface area contributed by atoms with Crippen molar-refractivity contribution in [2.24, 2.45) is 11.8 Å². The van der Waals surface area contributed by atoms with E-state index in [4.69, 9.17) is 0 Å². The van der Waals surface area contributed by atoms with E-state index in [9.17, 15) is 4.79 Å². The van der Waals surface area contributed by atoms with Crippen LogP contribution < -0.4 is 5.32 Å². The predicted octanol–water partition coefficient (Wildman–Crippen LogP) is 6.01. The van der Waals surface area contributed by atoms with E-state index in [2.05, 4.69) is 59.9 Å². The van der Waals surface area contributed by atoms with E-state index in [1.54, 1.807) is 0 Å². The summed E-state index contributed by atoms with van der Waals surface area (Å²) in [5.74, 6) is 1.26. The first-order chi connectivity index (χ1) is 13.3. The Balaban J connectivity index is 1.59. The van der Waals surface area contributed by atoms with Crippen molar-refractivity contribution in [1.29, 1.82) is 0 Å². The maximum absolute atomic E-state index is 13.6. The zero-order chi connectivity index (χ0) is 18.5. The highest BCUT2D eigenvalue weighted by Crippen LogP contribution is 2.40. The van der Waals surface area contributed by atoms with Gasteiger partial charge in [0.05, 0.1) is 12.0 Å². The van der Waals surface area contributed by atoms with Gasteiger partial charge in [-0.3, -0.25) is 4.79 Å². The Morgan fingerprint density at radius 1 is 0.704 bits per heavy atom. The number of hydrogen-bond acceptors (Lipinski definition) is 1. The molecular formula is C25H31NO. The summed E-state index contributed by atoms with van der Waals surface area (Å²) in [7, 11) is 0. The first-order valence-corrected chi connectivity index (χ1v) is 10.7. The second-order valence-corrected chi connectivity index (χ2v) is 8.37. The van der Waals surface area contributed by atoms with Crippen LogP contribution in [0.3, 0.4) is 0 Å². The first kappa shape index (κ1) is 18.3. The fourth-order valence-corrected chi connectivity index (χ4v) is 5.26. The van der Waals surface area contributed by atoms with E-state index in [0.717, 1.165) is 0 Å². The van der Waals surface area contributed by atoms with Crippen LogP contribution in [0.4, 0.5) is 0 Å². The third-order valence-corrected chi connectivity index (χ3v) is 6.64. The number of rotatable bonds is 6. The van der Waals surface area contributed by atoms with Gasteiger partial charge in [-0.2, -0.15) is 0 Å². The summed E-state index contributed by atoms with van der Waals surface area (Å²) >= 11 is 0. The molecule has 2 aliphatic rings. The Morgan fingerprint density at radius 2 is 1.19 bits per heavy atom. The van der Waals surface area contributed by atoms with Crippen molar-refractivity contribution in [2.45, 2.75) is 63.3 Å². The summed E-state index contributed by atoms with van der Waals surface area (Å²) in [6.07, 6.45) is 9.87. The van der Waals surface area contributed by atoms with Crippen LogP contribution >= 0.6 is 0 Å². The molecule has 0 bridgehead atoms. The molecule has 2 saturated carbocycles. The Bertz CT molecular complexity index is 715. The molecule has 0 aliphatic heterocycles. The first-order valence-electron chi connectivity index (χ1n) is 10.7. The van der Waals surface area contributed by atoms with Crippen LogP contribution in [0, 0.1) is 11.8 Å². The van der Waals surface area contributed by atoms with Gasteiger partial charge < -0.3 is 5.32 Å². The lowest BCUT2D eigenvalue weighted by molar-refractivity contribution is -0.125. The summed E-state index contributed by atoms with van der Waals surface area (Å²) < 4.78 is 0. The lowest BCUT2D eigenvalue weighted by Gasteiger charge is -2.30. The second-order valence-electron chi connectivity index (χ2n) is 8.37. The smallest absolute Gasteiger partial charge is 0.228 e. The van der Waals surface area contributed by atoms with Gasteiger partial charge in [0.2, 0.25) is 5.91 Å². The minimum absolute atomic E-state index is 0.0127. The minimum Gasteiger partial charge on any atom is -0.348 e. The molecule has 2 aromatic carbocycles. The SMILES string of the molecule is O=C(N[C@@H](c1ccccc1)C1CCCC1)[C@H](c1ccccc1)C1CCCC1. The van der Waals surface area contributed by atoms with Crippen LogP contribution in [0.2, 0.25) is 0 Å². The zero-order valence-electron chi connectivity index (χ0n) is 16.1. The van der Waals surface area contributed by atoms with Crippen LogP contribution in [0.25, 0.3) is 0 Å². The van der Waals surface area contributed by atoms with Crippen LogP contribution in [-0.4, -0.2) is 5.91 Å². The van der Waals surface area contributed by atoms with Gasteiger partial charge in [0.25, 0.3) is 0 Å². The van der Waals surface area contributed by atoms with Gasteiger partial charge in [-0.25, -0.2) is 0 Å². The highest BCUT2D eigenvalue weighted by atomic mass is 16.2. The molecule has 1 N–H and O–H groups in total. The Labute approximate surface area is 163 Å². The summed E-state index contributed by atoms with van der Waals surface area (Å²) in [6, 6.07) is 21.2. The van der Waals surface area contributed by atoms with Gasteiger partial charge >= 0.3 is 0 Å². The van der Waals surface area contributed by atoms with Gasteiger partial charge in [-0.1, -0.05) is 86.3 Å². The molecule has 2 heteroatoms. The van der Waals surface area contributed by atoms with Crippen molar-refractivity contribution in [1.82, 2.24) is 5.32 Å². The molecule has 2 aliphatic carbocycles. The molecule has 2 aromatic rings.